The van der Waals surface area contributed by atoms with Gasteiger partial charge in [-0.2, -0.15) is 0 Å². The molecule has 0 aromatic carbocycles. The first-order valence-corrected chi connectivity index (χ1v) is 21.0. The van der Waals surface area contributed by atoms with Crippen LogP contribution in [0, 0.1) is 62.6 Å². The number of aliphatic hydroxyl groups is 1. The Morgan fingerprint density at radius 1 is 0.592 bits per heavy atom. The van der Waals surface area contributed by atoms with Crippen LogP contribution in [0.2, 0.25) is 0 Å². The number of hydrogen-bond donors (Lipinski definition) is 1. The molecule has 49 heavy (non-hydrogen) atoms. The molecule has 7 nitrogen and oxygen atoms in total. The molecule has 1 N–H and O–H groups in total. The number of hydrogen-bond acceptors (Lipinski definition) is 7. The molecule has 4 bridgehead atoms. The molecule has 0 amide bonds. The second-order valence-corrected chi connectivity index (χ2v) is 19.0. The van der Waals surface area contributed by atoms with Gasteiger partial charge in [-0.1, -0.05) is 34.6 Å². The minimum Gasteiger partial charge on any atom is -0.396 e. The standard InChI is InChI=1S/C42H70O7/c1-6-38(19-43,24-46-34-17-28-15-30(34)32-12-14-37(42(28,32)10-5)49-27-40(8-3)22-45-23-40)25-48-36-13-11-33-31-16-29(41(33,36)9-4)18-35(31)47-26-39(7-2)20-44-21-39/h28-37,43H,6-27H2,1-5H3. The average Bonchev–Trinajstić information content (AvgIpc) is 3.93. The molecule has 0 aromatic heterocycles. The topological polar surface area (TPSA) is 75.6 Å². The maximum atomic E-state index is 10.9. The highest BCUT2D eigenvalue weighted by atomic mass is 16.5. The molecule has 2 aliphatic heterocycles. The third-order valence-electron chi connectivity index (χ3n) is 17.5. The number of rotatable bonds is 18. The lowest BCUT2D eigenvalue weighted by molar-refractivity contribution is -0.181. The number of fused-ring (bicyclic) bond motifs is 10. The Labute approximate surface area is 297 Å². The smallest absolute Gasteiger partial charge is 0.0637 e. The first-order valence-electron chi connectivity index (χ1n) is 21.0. The lowest BCUT2D eigenvalue weighted by Gasteiger charge is -2.48. The van der Waals surface area contributed by atoms with Gasteiger partial charge in [0, 0.05) is 27.1 Å². The van der Waals surface area contributed by atoms with Gasteiger partial charge in [0.25, 0.3) is 0 Å². The predicted octanol–water partition coefficient (Wildman–Crippen LogP) is 7.46. The molecule has 0 spiro atoms. The highest BCUT2D eigenvalue weighted by molar-refractivity contribution is 5.17. The first-order chi connectivity index (χ1) is 23.8. The second-order valence-electron chi connectivity index (χ2n) is 19.0. The molecule has 2 saturated heterocycles. The fourth-order valence-corrected chi connectivity index (χ4v) is 13.9. The van der Waals surface area contributed by atoms with E-state index in [4.69, 9.17) is 28.4 Å². The summed E-state index contributed by atoms with van der Waals surface area (Å²) in [5.41, 5.74) is 0.780. The maximum Gasteiger partial charge on any atom is 0.0637 e. The SMILES string of the molecule is CCC1(COC2CC3CC2C2CCC(OCC(CC)(CO)COC4CC5CC4C4CCC(OCC6(CC)COC6)C54CC)C32CC)COC1. The van der Waals surface area contributed by atoms with Gasteiger partial charge in [-0.25, -0.2) is 0 Å². The highest BCUT2D eigenvalue weighted by Gasteiger charge is 2.68. The average molecular weight is 687 g/mol. The summed E-state index contributed by atoms with van der Waals surface area (Å²) in [7, 11) is 0. The minimum atomic E-state index is -0.333. The molecule has 280 valence electrons. The van der Waals surface area contributed by atoms with Crippen LogP contribution in [0.1, 0.15) is 118 Å². The van der Waals surface area contributed by atoms with E-state index in [1.165, 1.54) is 51.4 Å². The lowest BCUT2D eigenvalue weighted by Crippen LogP contribution is -2.50. The summed E-state index contributed by atoms with van der Waals surface area (Å²) >= 11 is 0. The van der Waals surface area contributed by atoms with Gasteiger partial charge in [0.1, 0.15) is 0 Å². The van der Waals surface area contributed by atoms with Crippen LogP contribution in [0.4, 0.5) is 0 Å². The third-order valence-corrected chi connectivity index (χ3v) is 17.5. The van der Waals surface area contributed by atoms with Crippen LogP contribution >= 0.6 is 0 Å². The van der Waals surface area contributed by atoms with E-state index in [1.54, 1.807) is 0 Å². The van der Waals surface area contributed by atoms with Gasteiger partial charge in [-0.3, -0.25) is 0 Å². The summed E-state index contributed by atoms with van der Waals surface area (Å²) in [5.74, 6) is 4.13. The van der Waals surface area contributed by atoms with Crippen molar-refractivity contribution < 1.29 is 33.5 Å². The molecule has 0 radical (unpaired) electrons. The fourth-order valence-electron chi connectivity index (χ4n) is 13.9. The Morgan fingerprint density at radius 2 is 1.08 bits per heavy atom. The first kappa shape index (κ1) is 35.7. The summed E-state index contributed by atoms with van der Waals surface area (Å²) in [5, 5.41) is 10.9. The molecular formula is C42H70O7. The molecule has 13 atom stereocenters. The maximum absolute atomic E-state index is 10.9. The molecule has 2 heterocycles. The van der Waals surface area contributed by atoms with E-state index in [1.807, 2.05) is 0 Å². The van der Waals surface area contributed by atoms with Crippen molar-refractivity contribution in [2.75, 3.05) is 59.5 Å². The monoisotopic (exact) mass is 687 g/mol. The lowest BCUT2D eigenvalue weighted by atomic mass is 9.64. The zero-order valence-corrected chi connectivity index (χ0v) is 31.7. The molecule has 13 unspecified atom stereocenters. The van der Waals surface area contributed by atoms with Gasteiger partial charge in [-0.05, 0) is 119 Å². The Morgan fingerprint density at radius 3 is 1.53 bits per heavy atom. The van der Waals surface area contributed by atoms with E-state index in [2.05, 4.69) is 34.6 Å². The van der Waals surface area contributed by atoms with Crippen molar-refractivity contribution >= 4 is 0 Å². The van der Waals surface area contributed by atoms with Crippen molar-refractivity contribution in [2.24, 2.45) is 62.6 Å². The second kappa shape index (κ2) is 13.5. The largest absolute Gasteiger partial charge is 0.396 e. The summed E-state index contributed by atoms with van der Waals surface area (Å²) in [6.07, 6.45) is 16.9. The van der Waals surface area contributed by atoms with Gasteiger partial charge in [0.05, 0.1) is 83.9 Å². The van der Waals surface area contributed by atoms with E-state index in [-0.39, 0.29) is 28.3 Å². The van der Waals surface area contributed by atoms with Crippen LogP contribution in [-0.4, -0.2) is 89.0 Å². The molecule has 6 saturated carbocycles. The molecule has 8 aliphatic rings. The van der Waals surface area contributed by atoms with Crippen molar-refractivity contribution in [1.29, 1.82) is 0 Å². The quantitative estimate of drug-likeness (QED) is 0.161. The molecule has 0 aromatic rings. The van der Waals surface area contributed by atoms with Gasteiger partial charge < -0.3 is 33.5 Å². The van der Waals surface area contributed by atoms with Crippen LogP contribution in [0.15, 0.2) is 0 Å². The van der Waals surface area contributed by atoms with Crippen molar-refractivity contribution in [1.82, 2.24) is 0 Å². The fraction of sp³-hybridized carbons (Fsp3) is 1.00. The van der Waals surface area contributed by atoms with E-state index < -0.39 is 0 Å². The van der Waals surface area contributed by atoms with Crippen molar-refractivity contribution in [3.8, 4) is 0 Å². The van der Waals surface area contributed by atoms with Crippen molar-refractivity contribution in [2.45, 2.75) is 143 Å². The Bertz CT molecular complexity index is 1140. The van der Waals surface area contributed by atoms with E-state index >= 15 is 0 Å². The van der Waals surface area contributed by atoms with Gasteiger partial charge in [0.15, 0.2) is 0 Å². The molecular weight excluding hydrogens is 616 g/mol. The van der Waals surface area contributed by atoms with Gasteiger partial charge >= 0.3 is 0 Å². The number of aliphatic hydroxyl groups excluding tert-OH is 1. The summed E-state index contributed by atoms with van der Waals surface area (Å²) in [6, 6.07) is 0. The normalized spacial score (nSPS) is 46.4. The molecule has 8 rings (SSSR count). The molecule has 7 heteroatoms. The minimum absolute atomic E-state index is 0.131. The van der Waals surface area contributed by atoms with E-state index in [0.29, 0.717) is 78.6 Å². The van der Waals surface area contributed by atoms with Crippen LogP contribution in [-0.2, 0) is 28.4 Å². The van der Waals surface area contributed by atoms with Crippen molar-refractivity contribution in [3.63, 3.8) is 0 Å². The summed E-state index contributed by atoms with van der Waals surface area (Å²) in [6.45, 7) is 18.2. The summed E-state index contributed by atoms with van der Waals surface area (Å²) < 4.78 is 38.8. The van der Waals surface area contributed by atoms with Crippen LogP contribution in [0.25, 0.3) is 0 Å². The highest BCUT2D eigenvalue weighted by Crippen LogP contribution is 2.70. The Balaban J connectivity index is 0.865. The number of ether oxygens (including phenoxy) is 6. The van der Waals surface area contributed by atoms with E-state index in [9.17, 15) is 5.11 Å². The Hall–Kier alpha value is -0.280. The third kappa shape index (κ3) is 5.42. The Kier molecular flexibility index (Phi) is 9.87. The van der Waals surface area contributed by atoms with Crippen LogP contribution < -0.4 is 0 Å². The van der Waals surface area contributed by atoms with Gasteiger partial charge in [0.2, 0.25) is 0 Å². The van der Waals surface area contributed by atoms with Crippen LogP contribution in [0.3, 0.4) is 0 Å². The van der Waals surface area contributed by atoms with Gasteiger partial charge in [-0.15, -0.1) is 0 Å². The summed E-state index contributed by atoms with van der Waals surface area (Å²) in [4.78, 5) is 0. The zero-order valence-electron chi connectivity index (χ0n) is 31.7. The predicted molar refractivity (Wildman–Crippen MR) is 189 cm³/mol. The van der Waals surface area contributed by atoms with E-state index in [0.717, 1.165) is 71.7 Å². The van der Waals surface area contributed by atoms with Crippen molar-refractivity contribution in [3.05, 3.63) is 0 Å². The zero-order chi connectivity index (χ0) is 34.1. The van der Waals surface area contributed by atoms with Crippen LogP contribution in [0.5, 0.6) is 0 Å². The molecule has 6 aliphatic carbocycles. The molecule has 8 fully saturated rings.